The van der Waals surface area contributed by atoms with Crippen LogP contribution in [0, 0.1) is 17.2 Å². The second-order valence-electron chi connectivity index (χ2n) is 4.32. The van der Waals surface area contributed by atoms with Crippen molar-refractivity contribution >= 4 is 11.9 Å². The predicted molar refractivity (Wildman–Crippen MR) is 58.3 cm³/mol. The fourth-order valence-electron chi connectivity index (χ4n) is 2.44. The van der Waals surface area contributed by atoms with Crippen molar-refractivity contribution < 1.29 is 14.3 Å². The minimum atomic E-state index is -0.388. The zero-order chi connectivity index (χ0) is 12.4. The topological polar surface area (TPSA) is 70.4 Å². The van der Waals surface area contributed by atoms with E-state index in [9.17, 15) is 9.59 Å². The molecule has 1 amide bonds. The van der Waals surface area contributed by atoms with Gasteiger partial charge in [-0.1, -0.05) is 0 Å². The molecular formula is C12H14N2O3. The van der Waals surface area contributed by atoms with Crippen molar-refractivity contribution in [2.75, 3.05) is 13.7 Å². The van der Waals surface area contributed by atoms with Crippen LogP contribution in [-0.2, 0) is 14.3 Å². The molecule has 0 N–H and O–H groups in total. The highest BCUT2D eigenvalue weighted by Crippen LogP contribution is 2.33. The Balaban J connectivity index is 2.17. The highest BCUT2D eigenvalue weighted by atomic mass is 16.5. The molecule has 0 radical (unpaired) electrons. The second-order valence-corrected chi connectivity index (χ2v) is 4.32. The summed E-state index contributed by atoms with van der Waals surface area (Å²) < 4.78 is 4.65. The molecule has 5 heteroatoms. The van der Waals surface area contributed by atoms with E-state index in [4.69, 9.17) is 5.26 Å². The van der Waals surface area contributed by atoms with Crippen molar-refractivity contribution in [2.24, 2.45) is 5.92 Å². The monoisotopic (exact) mass is 234 g/mol. The summed E-state index contributed by atoms with van der Waals surface area (Å²) in [6.45, 7) is 0.353. The molecule has 1 aliphatic carbocycles. The zero-order valence-corrected chi connectivity index (χ0v) is 9.73. The molecule has 0 bridgehead atoms. The maximum absolute atomic E-state index is 11.8. The van der Waals surface area contributed by atoms with Crippen LogP contribution in [-0.4, -0.2) is 30.4 Å². The van der Waals surface area contributed by atoms with E-state index in [1.807, 2.05) is 0 Å². The maximum Gasteiger partial charge on any atom is 0.311 e. The van der Waals surface area contributed by atoms with Crippen molar-refractivity contribution in [3.8, 4) is 6.07 Å². The molecule has 17 heavy (non-hydrogen) atoms. The summed E-state index contributed by atoms with van der Waals surface area (Å²) in [7, 11) is 1.32. The van der Waals surface area contributed by atoms with Gasteiger partial charge in [-0.3, -0.25) is 9.59 Å². The second kappa shape index (κ2) is 4.58. The molecular weight excluding hydrogens is 220 g/mol. The van der Waals surface area contributed by atoms with Gasteiger partial charge in [0.15, 0.2) is 0 Å². The quantitative estimate of drug-likeness (QED) is 0.667. The third-order valence-electron chi connectivity index (χ3n) is 3.31. The Hall–Kier alpha value is -1.83. The molecule has 1 fully saturated rings. The number of amides is 1. The first-order valence-electron chi connectivity index (χ1n) is 5.67. The number of esters is 1. The number of likely N-dealkylation sites (tertiary alicyclic amines) is 1. The van der Waals surface area contributed by atoms with E-state index in [0.717, 1.165) is 25.0 Å². The van der Waals surface area contributed by atoms with Crippen molar-refractivity contribution in [1.82, 2.24) is 4.90 Å². The first kappa shape index (κ1) is 11.6. The molecule has 0 aromatic carbocycles. The minimum Gasteiger partial charge on any atom is -0.469 e. The molecule has 2 rings (SSSR count). The molecule has 1 saturated heterocycles. The van der Waals surface area contributed by atoms with Crippen molar-refractivity contribution in [1.29, 1.82) is 5.26 Å². The summed E-state index contributed by atoms with van der Waals surface area (Å²) >= 11 is 0. The van der Waals surface area contributed by atoms with Gasteiger partial charge in [0.25, 0.3) is 0 Å². The summed E-state index contributed by atoms with van der Waals surface area (Å²) in [6.07, 6.45) is 2.58. The van der Waals surface area contributed by atoms with Gasteiger partial charge in [0.1, 0.15) is 0 Å². The van der Waals surface area contributed by atoms with Crippen LogP contribution in [0.1, 0.15) is 25.7 Å². The van der Waals surface area contributed by atoms with Crippen LogP contribution in [0.25, 0.3) is 0 Å². The largest absolute Gasteiger partial charge is 0.469 e. The van der Waals surface area contributed by atoms with Gasteiger partial charge in [-0.25, -0.2) is 0 Å². The highest BCUT2D eigenvalue weighted by molar-refractivity contribution is 5.88. The van der Waals surface area contributed by atoms with Crippen LogP contribution in [0.15, 0.2) is 11.3 Å². The Morgan fingerprint density at radius 1 is 1.53 bits per heavy atom. The standard InChI is InChI=1S/C12H14N2O3/c1-17-12(16)9-5-11(15)14(7-9)10-4-2-3-8(10)6-13/h9H,2-5,7H2,1H3. The number of rotatable bonds is 2. The first-order valence-corrected chi connectivity index (χ1v) is 5.67. The lowest BCUT2D eigenvalue weighted by atomic mass is 10.1. The van der Waals surface area contributed by atoms with E-state index in [2.05, 4.69) is 10.8 Å². The van der Waals surface area contributed by atoms with Gasteiger partial charge in [-0.15, -0.1) is 0 Å². The van der Waals surface area contributed by atoms with Gasteiger partial charge in [0.2, 0.25) is 5.91 Å². The molecule has 5 nitrogen and oxygen atoms in total. The lowest BCUT2D eigenvalue weighted by molar-refractivity contribution is -0.145. The fourth-order valence-corrected chi connectivity index (χ4v) is 2.44. The highest BCUT2D eigenvalue weighted by Gasteiger charge is 2.38. The van der Waals surface area contributed by atoms with E-state index in [1.165, 1.54) is 7.11 Å². The number of carbonyl (C=O) groups is 2. The summed E-state index contributed by atoms with van der Waals surface area (Å²) in [4.78, 5) is 24.8. The molecule has 90 valence electrons. The fraction of sp³-hybridized carbons (Fsp3) is 0.583. The minimum absolute atomic E-state index is 0.0787. The smallest absolute Gasteiger partial charge is 0.311 e. The lowest BCUT2D eigenvalue weighted by Crippen LogP contribution is -2.26. The molecule has 1 atom stereocenters. The van der Waals surface area contributed by atoms with Crippen LogP contribution in [0.4, 0.5) is 0 Å². The van der Waals surface area contributed by atoms with Gasteiger partial charge >= 0.3 is 5.97 Å². The van der Waals surface area contributed by atoms with Crippen LogP contribution in [0.5, 0.6) is 0 Å². The Morgan fingerprint density at radius 3 is 2.94 bits per heavy atom. The van der Waals surface area contributed by atoms with Crippen molar-refractivity contribution in [2.45, 2.75) is 25.7 Å². The van der Waals surface area contributed by atoms with Gasteiger partial charge in [0, 0.05) is 24.2 Å². The lowest BCUT2D eigenvalue weighted by Gasteiger charge is -2.18. The third-order valence-corrected chi connectivity index (χ3v) is 3.31. The molecule has 0 saturated carbocycles. The molecule has 0 aromatic heterocycles. The molecule has 2 aliphatic rings. The number of nitrogens with zero attached hydrogens (tertiary/aromatic N) is 2. The number of hydrogen-bond acceptors (Lipinski definition) is 4. The third kappa shape index (κ3) is 2.03. The van der Waals surface area contributed by atoms with E-state index in [0.29, 0.717) is 12.1 Å². The summed E-state index contributed by atoms with van der Waals surface area (Å²) in [6, 6.07) is 2.14. The van der Waals surface area contributed by atoms with Gasteiger partial charge < -0.3 is 9.64 Å². The molecule has 0 aromatic rings. The Morgan fingerprint density at radius 2 is 2.29 bits per heavy atom. The summed E-state index contributed by atoms with van der Waals surface area (Å²) in [5, 5.41) is 8.97. The SMILES string of the molecule is COC(=O)C1CC(=O)N(C2=C(C#N)CCC2)C1. The number of nitriles is 1. The first-order chi connectivity index (χ1) is 8.17. The number of ether oxygens (including phenoxy) is 1. The summed E-state index contributed by atoms with van der Waals surface area (Å²) in [5.41, 5.74) is 1.49. The predicted octanol–water partition coefficient (Wildman–Crippen LogP) is 0.969. The van der Waals surface area contributed by atoms with Crippen LogP contribution in [0.2, 0.25) is 0 Å². The van der Waals surface area contributed by atoms with Crippen molar-refractivity contribution in [3.05, 3.63) is 11.3 Å². The van der Waals surface area contributed by atoms with Crippen LogP contribution < -0.4 is 0 Å². The number of carbonyl (C=O) groups excluding carboxylic acids is 2. The Kier molecular flexibility index (Phi) is 3.14. The van der Waals surface area contributed by atoms with E-state index < -0.39 is 0 Å². The Labute approximate surface area is 99.6 Å². The van der Waals surface area contributed by atoms with Gasteiger partial charge in [-0.05, 0) is 19.3 Å². The molecule has 1 heterocycles. The normalized spacial score (nSPS) is 24.1. The average molecular weight is 234 g/mol. The Bertz CT molecular complexity index is 434. The molecule has 0 spiro atoms. The van der Waals surface area contributed by atoms with E-state index in [-0.39, 0.29) is 24.2 Å². The number of hydrogen-bond donors (Lipinski definition) is 0. The number of methoxy groups -OCH3 is 1. The van der Waals surface area contributed by atoms with Crippen molar-refractivity contribution in [3.63, 3.8) is 0 Å². The van der Waals surface area contributed by atoms with E-state index in [1.54, 1.807) is 4.90 Å². The molecule has 1 unspecified atom stereocenters. The van der Waals surface area contributed by atoms with Crippen LogP contribution >= 0.6 is 0 Å². The van der Waals surface area contributed by atoms with Crippen LogP contribution in [0.3, 0.4) is 0 Å². The maximum atomic E-state index is 11.8. The summed E-state index contributed by atoms with van der Waals surface area (Å²) in [5.74, 6) is -0.816. The van der Waals surface area contributed by atoms with Gasteiger partial charge in [0.05, 0.1) is 19.1 Å². The molecule has 1 aliphatic heterocycles. The zero-order valence-electron chi connectivity index (χ0n) is 9.73. The number of allylic oxidation sites excluding steroid dienone is 2. The van der Waals surface area contributed by atoms with E-state index >= 15 is 0 Å². The van der Waals surface area contributed by atoms with Gasteiger partial charge in [-0.2, -0.15) is 5.26 Å². The average Bonchev–Trinajstić information content (AvgIpc) is 2.93.